The molecule has 0 bridgehead atoms. The number of hydrogen-bond donors (Lipinski definition) is 1. The second kappa shape index (κ2) is 4.24. The van der Waals surface area contributed by atoms with Gasteiger partial charge in [-0.2, -0.15) is 5.10 Å². The summed E-state index contributed by atoms with van der Waals surface area (Å²) < 4.78 is 6.57. The standard InChI is InChI=1S/C13H12N4O2/c1-8-7-11-15-16-13(18)17(11)12(14-8)9-3-5-10(19-2)6-4-9/h3-7H,1-2H3,(H,16,18). The van der Waals surface area contributed by atoms with Crippen LogP contribution in [0.3, 0.4) is 0 Å². The molecule has 0 atom stereocenters. The highest BCUT2D eigenvalue weighted by atomic mass is 16.5. The molecule has 0 radical (unpaired) electrons. The lowest BCUT2D eigenvalue weighted by Crippen LogP contribution is -2.13. The topological polar surface area (TPSA) is 72.3 Å². The van der Waals surface area contributed by atoms with Crippen molar-refractivity contribution in [2.45, 2.75) is 6.92 Å². The minimum absolute atomic E-state index is 0.298. The number of fused-ring (bicyclic) bond motifs is 1. The highest BCUT2D eigenvalue weighted by molar-refractivity contribution is 5.60. The summed E-state index contributed by atoms with van der Waals surface area (Å²) in [4.78, 5) is 16.2. The molecule has 0 spiro atoms. The molecule has 3 rings (SSSR count). The number of rotatable bonds is 2. The molecule has 0 amide bonds. The summed E-state index contributed by atoms with van der Waals surface area (Å²) in [5.41, 5.74) is 1.90. The molecule has 0 saturated heterocycles. The summed E-state index contributed by atoms with van der Waals surface area (Å²) in [6.45, 7) is 1.87. The van der Waals surface area contributed by atoms with Crippen LogP contribution < -0.4 is 10.4 Å². The van der Waals surface area contributed by atoms with Gasteiger partial charge in [0.2, 0.25) is 0 Å². The molecule has 0 saturated carbocycles. The van der Waals surface area contributed by atoms with Gasteiger partial charge in [0.1, 0.15) is 11.6 Å². The third kappa shape index (κ3) is 1.87. The maximum absolute atomic E-state index is 11.8. The molecule has 19 heavy (non-hydrogen) atoms. The van der Waals surface area contributed by atoms with Crippen LogP contribution in [0, 0.1) is 6.92 Å². The lowest BCUT2D eigenvalue weighted by molar-refractivity contribution is 0.415. The number of nitrogens with one attached hydrogen (secondary N) is 1. The number of H-pyrrole nitrogens is 1. The van der Waals surface area contributed by atoms with Gasteiger partial charge in [-0.3, -0.25) is 0 Å². The van der Waals surface area contributed by atoms with E-state index in [2.05, 4.69) is 15.2 Å². The lowest BCUT2D eigenvalue weighted by atomic mass is 10.2. The summed E-state index contributed by atoms with van der Waals surface area (Å²) in [5, 5.41) is 6.39. The molecule has 1 N–H and O–H groups in total. The van der Waals surface area contributed by atoms with Crippen LogP contribution in [0.1, 0.15) is 5.69 Å². The Morgan fingerprint density at radius 1 is 1.26 bits per heavy atom. The molecule has 0 aliphatic rings. The van der Waals surface area contributed by atoms with Crippen molar-refractivity contribution in [1.82, 2.24) is 19.6 Å². The Morgan fingerprint density at radius 2 is 2.00 bits per heavy atom. The Labute approximate surface area is 108 Å². The molecule has 0 aliphatic carbocycles. The van der Waals surface area contributed by atoms with Crippen LogP contribution in [0.2, 0.25) is 0 Å². The van der Waals surface area contributed by atoms with E-state index in [0.717, 1.165) is 17.0 Å². The number of ether oxygens (including phenoxy) is 1. The summed E-state index contributed by atoms with van der Waals surface area (Å²) in [5.74, 6) is 1.32. The Morgan fingerprint density at radius 3 is 2.68 bits per heavy atom. The van der Waals surface area contributed by atoms with Crippen molar-refractivity contribution < 1.29 is 4.74 Å². The Kier molecular flexibility index (Phi) is 2.56. The maximum atomic E-state index is 11.8. The molecule has 3 aromatic rings. The summed E-state index contributed by atoms with van der Waals surface area (Å²) in [6, 6.07) is 9.14. The molecule has 0 aliphatic heterocycles. The van der Waals surface area contributed by atoms with Gasteiger partial charge in [0.05, 0.1) is 7.11 Å². The summed E-state index contributed by atoms with van der Waals surface area (Å²) in [7, 11) is 1.61. The van der Waals surface area contributed by atoms with E-state index in [9.17, 15) is 4.79 Å². The van der Waals surface area contributed by atoms with Gasteiger partial charge in [0.15, 0.2) is 5.65 Å². The van der Waals surface area contributed by atoms with Crippen molar-refractivity contribution in [3.63, 3.8) is 0 Å². The van der Waals surface area contributed by atoms with Gasteiger partial charge in [-0.15, -0.1) is 0 Å². The van der Waals surface area contributed by atoms with Gasteiger partial charge in [0, 0.05) is 17.3 Å². The van der Waals surface area contributed by atoms with E-state index in [1.165, 1.54) is 4.40 Å². The van der Waals surface area contributed by atoms with Crippen LogP contribution in [0.15, 0.2) is 35.1 Å². The fraction of sp³-hybridized carbons (Fsp3) is 0.154. The van der Waals surface area contributed by atoms with Crippen LogP contribution in [-0.4, -0.2) is 26.7 Å². The Hall–Kier alpha value is -2.63. The average molecular weight is 256 g/mol. The van der Waals surface area contributed by atoms with Gasteiger partial charge >= 0.3 is 5.69 Å². The number of benzene rings is 1. The molecule has 0 fully saturated rings. The van der Waals surface area contributed by atoms with Crippen LogP contribution in [0.5, 0.6) is 5.75 Å². The van der Waals surface area contributed by atoms with E-state index in [4.69, 9.17) is 4.74 Å². The van der Waals surface area contributed by atoms with Crippen molar-refractivity contribution in [2.24, 2.45) is 0 Å². The van der Waals surface area contributed by atoms with Gasteiger partial charge < -0.3 is 4.74 Å². The number of aromatic amines is 1. The smallest absolute Gasteiger partial charge is 0.349 e. The van der Waals surface area contributed by atoms with E-state index in [1.807, 2.05) is 31.2 Å². The average Bonchev–Trinajstić information content (AvgIpc) is 2.79. The first kappa shape index (κ1) is 11.5. The Balaban J connectivity index is 2.28. The lowest BCUT2D eigenvalue weighted by Gasteiger charge is -2.06. The number of hydrogen-bond acceptors (Lipinski definition) is 4. The molecular weight excluding hydrogens is 244 g/mol. The van der Waals surface area contributed by atoms with Gasteiger partial charge in [-0.05, 0) is 31.2 Å². The number of methoxy groups -OCH3 is 1. The normalized spacial score (nSPS) is 10.8. The molecule has 6 heteroatoms. The van der Waals surface area contributed by atoms with Crippen molar-refractivity contribution in [3.05, 3.63) is 46.5 Å². The summed E-state index contributed by atoms with van der Waals surface area (Å²) in [6.07, 6.45) is 0. The zero-order chi connectivity index (χ0) is 13.4. The number of nitrogens with zero attached hydrogens (tertiary/aromatic N) is 3. The van der Waals surface area contributed by atoms with E-state index >= 15 is 0 Å². The van der Waals surface area contributed by atoms with Crippen LogP contribution in [-0.2, 0) is 0 Å². The predicted octanol–water partition coefficient (Wildman–Crippen LogP) is 1.40. The molecular formula is C13H12N4O2. The van der Waals surface area contributed by atoms with Crippen LogP contribution in [0.25, 0.3) is 17.0 Å². The molecule has 1 aromatic carbocycles. The zero-order valence-electron chi connectivity index (χ0n) is 10.5. The first-order valence-corrected chi connectivity index (χ1v) is 5.78. The molecule has 0 unspecified atom stereocenters. The van der Waals surface area contributed by atoms with E-state index in [0.29, 0.717) is 11.5 Å². The fourth-order valence-electron chi connectivity index (χ4n) is 1.98. The van der Waals surface area contributed by atoms with E-state index < -0.39 is 0 Å². The van der Waals surface area contributed by atoms with Crippen molar-refractivity contribution in [2.75, 3.05) is 7.11 Å². The molecule has 2 heterocycles. The van der Waals surface area contributed by atoms with Crippen molar-refractivity contribution in [1.29, 1.82) is 0 Å². The van der Waals surface area contributed by atoms with Crippen molar-refractivity contribution in [3.8, 4) is 17.1 Å². The summed E-state index contributed by atoms with van der Waals surface area (Å²) >= 11 is 0. The largest absolute Gasteiger partial charge is 0.497 e. The number of aryl methyl sites for hydroxylation is 1. The Bertz CT molecular complexity index is 787. The van der Waals surface area contributed by atoms with Crippen LogP contribution >= 0.6 is 0 Å². The fourth-order valence-corrected chi connectivity index (χ4v) is 1.98. The second-order valence-corrected chi connectivity index (χ2v) is 4.17. The molecule has 6 nitrogen and oxygen atoms in total. The first-order valence-electron chi connectivity index (χ1n) is 5.78. The van der Waals surface area contributed by atoms with Crippen LogP contribution in [0.4, 0.5) is 0 Å². The highest BCUT2D eigenvalue weighted by Crippen LogP contribution is 2.20. The number of aromatic nitrogens is 4. The van der Waals surface area contributed by atoms with E-state index in [1.54, 1.807) is 13.2 Å². The molecule has 96 valence electrons. The second-order valence-electron chi connectivity index (χ2n) is 4.17. The van der Waals surface area contributed by atoms with Gasteiger partial charge in [-0.25, -0.2) is 19.3 Å². The third-order valence-corrected chi connectivity index (χ3v) is 2.88. The third-order valence-electron chi connectivity index (χ3n) is 2.88. The van der Waals surface area contributed by atoms with Gasteiger partial charge in [0.25, 0.3) is 0 Å². The maximum Gasteiger partial charge on any atom is 0.349 e. The highest BCUT2D eigenvalue weighted by Gasteiger charge is 2.10. The molecule has 2 aromatic heterocycles. The monoisotopic (exact) mass is 256 g/mol. The minimum atomic E-state index is -0.298. The van der Waals surface area contributed by atoms with Crippen molar-refractivity contribution >= 4 is 5.65 Å². The predicted molar refractivity (Wildman–Crippen MR) is 70.3 cm³/mol. The van der Waals surface area contributed by atoms with Gasteiger partial charge in [-0.1, -0.05) is 0 Å². The zero-order valence-corrected chi connectivity index (χ0v) is 10.5. The first-order chi connectivity index (χ1) is 9.19. The quantitative estimate of drug-likeness (QED) is 0.752. The SMILES string of the molecule is COc1ccc(-c2nc(C)cc3n[nH]c(=O)n23)cc1. The minimum Gasteiger partial charge on any atom is -0.497 e. The van der Waals surface area contributed by atoms with E-state index in [-0.39, 0.29) is 5.69 Å².